The number of hydrogen-bond donors (Lipinski definition) is 1. The van der Waals surface area contributed by atoms with Crippen molar-refractivity contribution in [2.75, 3.05) is 0 Å². The molecule has 0 saturated heterocycles. The van der Waals surface area contributed by atoms with E-state index in [1.54, 1.807) is 11.3 Å². The number of aryl methyl sites for hydroxylation is 2. The topological polar surface area (TPSA) is 64.9 Å². The average molecular weight is 263 g/mol. The van der Waals surface area contributed by atoms with Crippen LogP contribution in [0, 0.1) is 0 Å². The third-order valence-electron chi connectivity index (χ3n) is 3.29. The van der Waals surface area contributed by atoms with Gasteiger partial charge >= 0.3 is 0 Å². The highest BCUT2D eigenvalue weighted by Gasteiger charge is 2.17. The molecule has 0 radical (unpaired) electrons. The molecule has 2 aromatic rings. The highest BCUT2D eigenvalue weighted by Crippen LogP contribution is 2.34. The van der Waals surface area contributed by atoms with Crippen LogP contribution in [0.25, 0.3) is 10.8 Å². The van der Waals surface area contributed by atoms with Crippen LogP contribution >= 0.6 is 11.3 Å². The van der Waals surface area contributed by atoms with Crippen LogP contribution in [0.1, 0.15) is 48.6 Å². The van der Waals surface area contributed by atoms with Crippen LogP contribution in [0.15, 0.2) is 10.5 Å². The molecular formula is C13H17N3OS. The van der Waals surface area contributed by atoms with Crippen molar-refractivity contribution >= 4 is 11.3 Å². The Hall–Kier alpha value is -1.20. The van der Waals surface area contributed by atoms with Gasteiger partial charge in [0.2, 0.25) is 5.89 Å². The molecule has 4 nitrogen and oxygen atoms in total. The molecule has 2 heterocycles. The zero-order chi connectivity index (χ0) is 12.5. The highest BCUT2D eigenvalue weighted by atomic mass is 32.1. The van der Waals surface area contributed by atoms with Crippen LogP contribution in [-0.2, 0) is 12.8 Å². The molecule has 0 aliphatic heterocycles. The molecule has 1 atom stereocenters. The largest absolute Gasteiger partial charge is 0.418 e. The molecule has 0 fully saturated rings. The Morgan fingerprint density at radius 2 is 2.11 bits per heavy atom. The van der Waals surface area contributed by atoms with E-state index < -0.39 is 0 Å². The number of nitrogens with two attached hydrogens (primary N) is 1. The number of hydrogen-bond acceptors (Lipinski definition) is 5. The molecule has 2 N–H and O–H groups in total. The second-order valence-electron chi connectivity index (χ2n) is 4.85. The normalized spacial score (nSPS) is 17.2. The van der Waals surface area contributed by atoms with E-state index in [9.17, 15) is 0 Å². The van der Waals surface area contributed by atoms with Crippen LogP contribution in [-0.4, -0.2) is 10.2 Å². The maximum atomic E-state index is 5.73. The first kappa shape index (κ1) is 11.9. The Labute approximate surface area is 110 Å². The van der Waals surface area contributed by atoms with E-state index >= 15 is 0 Å². The summed E-state index contributed by atoms with van der Waals surface area (Å²) in [6, 6.07) is 2.01. The Morgan fingerprint density at radius 1 is 1.28 bits per heavy atom. The zero-order valence-electron chi connectivity index (χ0n) is 10.5. The third kappa shape index (κ3) is 2.20. The minimum Gasteiger partial charge on any atom is -0.418 e. The van der Waals surface area contributed by atoms with Gasteiger partial charge in [0, 0.05) is 4.88 Å². The van der Waals surface area contributed by atoms with Crippen molar-refractivity contribution in [3.63, 3.8) is 0 Å². The second kappa shape index (κ2) is 4.82. The lowest BCUT2D eigenvalue weighted by Crippen LogP contribution is -2.04. The Bertz CT molecular complexity index is 521. The quantitative estimate of drug-likeness (QED) is 0.846. The van der Waals surface area contributed by atoms with Gasteiger partial charge in [0.1, 0.15) is 0 Å². The fourth-order valence-corrected chi connectivity index (χ4v) is 3.47. The first-order chi connectivity index (χ1) is 8.74. The monoisotopic (exact) mass is 263 g/mol. The van der Waals surface area contributed by atoms with Crippen molar-refractivity contribution in [3.05, 3.63) is 22.4 Å². The van der Waals surface area contributed by atoms with Gasteiger partial charge in [0.05, 0.1) is 10.9 Å². The Morgan fingerprint density at radius 3 is 2.89 bits per heavy atom. The molecule has 0 aromatic carbocycles. The Balaban J connectivity index is 1.92. The van der Waals surface area contributed by atoms with Crippen molar-refractivity contribution in [2.24, 2.45) is 5.73 Å². The molecule has 3 rings (SSSR count). The minimum atomic E-state index is -0.205. The summed E-state index contributed by atoms with van der Waals surface area (Å²) >= 11 is 1.79. The third-order valence-corrected chi connectivity index (χ3v) is 4.51. The second-order valence-corrected chi connectivity index (χ2v) is 5.99. The van der Waals surface area contributed by atoms with E-state index in [0.29, 0.717) is 11.8 Å². The van der Waals surface area contributed by atoms with Gasteiger partial charge in [-0.3, -0.25) is 0 Å². The van der Waals surface area contributed by atoms with Gasteiger partial charge in [-0.2, -0.15) is 0 Å². The number of aromatic nitrogens is 2. The first-order valence-corrected chi connectivity index (χ1v) is 7.26. The van der Waals surface area contributed by atoms with Crippen molar-refractivity contribution in [2.45, 2.75) is 45.1 Å². The Kier molecular flexibility index (Phi) is 3.18. The molecule has 2 aromatic heterocycles. The standard InChI is InChI=1S/C13H17N3OS/c1-8(14)12-15-16-13(17-12)11-7-9-5-3-2-4-6-10(9)18-11/h7-8H,2-6,14H2,1H3. The predicted octanol–water partition coefficient (Wildman–Crippen LogP) is 3.09. The van der Waals surface area contributed by atoms with Gasteiger partial charge in [-0.1, -0.05) is 6.42 Å². The predicted molar refractivity (Wildman–Crippen MR) is 71.5 cm³/mol. The summed E-state index contributed by atoms with van der Waals surface area (Å²) in [6.07, 6.45) is 6.29. The SMILES string of the molecule is CC(N)c1nnc(-c2cc3c(s2)CCCCC3)o1. The van der Waals surface area contributed by atoms with Crippen molar-refractivity contribution in [1.29, 1.82) is 0 Å². The van der Waals surface area contributed by atoms with E-state index in [-0.39, 0.29) is 6.04 Å². The fourth-order valence-electron chi connectivity index (χ4n) is 2.29. The van der Waals surface area contributed by atoms with Gasteiger partial charge in [0.15, 0.2) is 0 Å². The van der Waals surface area contributed by atoms with Crippen LogP contribution < -0.4 is 5.73 Å². The summed E-state index contributed by atoms with van der Waals surface area (Å²) in [6.45, 7) is 1.85. The van der Waals surface area contributed by atoms with E-state index in [2.05, 4.69) is 16.3 Å². The van der Waals surface area contributed by atoms with Crippen molar-refractivity contribution in [1.82, 2.24) is 10.2 Å². The maximum Gasteiger partial charge on any atom is 0.257 e. The molecule has 1 unspecified atom stereocenters. The molecule has 0 bridgehead atoms. The lowest BCUT2D eigenvalue weighted by atomic mass is 10.1. The van der Waals surface area contributed by atoms with Crippen LogP contribution in [0.3, 0.4) is 0 Å². The number of thiophene rings is 1. The molecule has 96 valence electrons. The van der Waals surface area contributed by atoms with Gasteiger partial charge in [-0.25, -0.2) is 0 Å². The van der Waals surface area contributed by atoms with Gasteiger partial charge in [-0.05, 0) is 44.2 Å². The molecule has 1 aliphatic rings. The van der Waals surface area contributed by atoms with E-state index in [1.807, 2.05) is 6.92 Å². The van der Waals surface area contributed by atoms with Crippen LogP contribution in [0.4, 0.5) is 0 Å². The molecule has 0 saturated carbocycles. The van der Waals surface area contributed by atoms with E-state index in [4.69, 9.17) is 10.2 Å². The summed E-state index contributed by atoms with van der Waals surface area (Å²) in [5.74, 6) is 1.12. The molecule has 0 spiro atoms. The van der Waals surface area contributed by atoms with E-state index in [1.165, 1.54) is 42.5 Å². The van der Waals surface area contributed by atoms with Crippen LogP contribution in [0.5, 0.6) is 0 Å². The lowest BCUT2D eigenvalue weighted by Gasteiger charge is -1.94. The number of fused-ring (bicyclic) bond motifs is 1. The molecule has 0 amide bonds. The average Bonchev–Trinajstić information content (AvgIpc) is 2.92. The molecule has 18 heavy (non-hydrogen) atoms. The summed E-state index contributed by atoms with van der Waals surface area (Å²) < 4.78 is 5.60. The first-order valence-electron chi connectivity index (χ1n) is 6.45. The number of nitrogens with zero attached hydrogens (tertiary/aromatic N) is 2. The summed E-state index contributed by atoms with van der Waals surface area (Å²) in [4.78, 5) is 2.57. The van der Waals surface area contributed by atoms with Gasteiger partial charge in [0.25, 0.3) is 5.89 Å². The summed E-state index contributed by atoms with van der Waals surface area (Å²) in [5.41, 5.74) is 7.20. The molecule has 1 aliphatic carbocycles. The highest BCUT2D eigenvalue weighted by molar-refractivity contribution is 7.15. The van der Waals surface area contributed by atoms with Crippen molar-refractivity contribution < 1.29 is 4.42 Å². The van der Waals surface area contributed by atoms with Gasteiger partial charge in [-0.15, -0.1) is 21.5 Å². The summed E-state index contributed by atoms with van der Waals surface area (Å²) in [5, 5.41) is 8.07. The van der Waals surface area contributed by atoms with Crippen LogP contribution in [0.2, 0.25) is 0 Å². The minimum absolute atomic E-state index is 0.205. The fraction of sp³-hybridized carbons (Fsp3) is 0.538. The molecule has 5 heteroatoms. The van der Waals surface area contributed by atoms with Crippen molar-refractivity contribution in [3.8, 4) is 10.8 Å². The lowest BCUT2D eigenvalue weighted by molar-refractivity contribution is 0.474. The smallest absolute Gasteiger partial charge is 0.257 e. The number of rotatable bonds is 2. The van der Waals surface area contributed by atoms with Gasteiger partial charge < -0.3 is 10.2 Å². The summed E-state index contributed by atoms with van der Waals surface area (Å²) in [7, 11) is 0. The zero-order valence-corrected chi connectivity index (χ0v) is 11.3. The van der Waals surface area contributed by atoms with E-state index in [0.717, 1.165) is 4.88 Å². The molecular weight excluding hydrogens is 246 g/mol. The maximum absolute atomic E-state index is 5.73.